The number of nitrogens with one attached hydrogen (secondary N) is 2. The minimum absolute atomic E-state index is 0.0174. The summed E-state index contributed by atoms with van der Waals surface area (Å²) in [4.78, 5) is 27.5. The smallest absolute Gasteiger partial charge is 0.270 e. The topological polar surface area (TPSA) is 71.1 Å². The molecule has 114 valence electrons. The fourth-order valence-electron chi connectivity index (χ4n) is 1.76. The van der Waals surface area contributed by atoms with Crippen LogP contribution in [0.5, 0.6) is 0 Å². The fraction of sp³-hybridized carbons (Fsp3) is 0.235. The van der Waals surface area contributed by atoms with Gasteiger partial charge >= 0.3 is 0 Å². The molecule has 0 saturated carbocycles. The van der Waals surface area contributed by atoms with Gasteiger partial charge in [-0.2, -0.15) is 0 Å². The Bertz CT molecular complexity index is 637. The van der Waals surface area contributed by atoms with Crippen LogP contribution in [0.3, 0.4) is 0 Å². The van der Waals surface area contributed by atoms with Crippen LogP contribution in [-0.2, 0) is 11.3 Å². The van der Waals surface area contributed by atoms with Crippen LogP contribution in [0.25, 0.3) is 0 Å². The first-order valence-corrected chi connectivity index (χ1v) is 7.15. The second-order valence-electron chi connectivity index (χ2n) is 5.24. The number of benzene rings is 1. The Kier molecular flexibility index (Phi) is 5.25. The first-order chi connectivity index (χ1) is 10.6. The number of aromatic nitrogens is 1. The standard InChI is InChI=1S/C17H19N3O2/c1-12(2)16(21)20-14-8-6-13(7-9-14)11-19-17(22)15-5-3-4-10-18-15/h3-10,12H,11H2,1-2H3,(H,19,22)(H,20,21). The average Bonchev–Trinajstić information content (AvgIpc) is 2.54. The second kappa shape index (κ2) is 7.36. The summed E-state index contributed by atoms with van der Waals surface area (Å²) in [6, 6.07) is 12.6. The lowest BCUT2D eigenvalue weighted by molar-refractivity contribution is -0.118. The van der Waals surface area contributed by atoms with E-state index in [0.717, 1.165) is 11.3 Å². The van der Waals surface area contributed by atoms with Gasteiger partial charge in [0.2, 0.25) is 5.91 Å². The molecule has 0 aliphatic heterocycles. The van der Waals surface area contributed by atoms with E-state index < -0.39 is 0 Å². The predicted molar refractivity (Wildman–Crippen MR) is 85.3 cm³/mol. The number of amides is 2. The van der Waals surface area contributed by atoms with Gasteiger partial charge in [-0.3, -0.25) is 14.6 Å². The number of hydrogen-bond acceptors (Lipinski definition) is 3. The molecule has 2 rings (SSSR count). The first-order valence-electron chi connectivity index (χ1n) is 7.15. The Hall–Kier alpha value is -2.69. The maximum absolute atomic E-state index is 11.9. The number of hydrogen-bond donors (Lipinski definition) is 2. The van der Waals surface area contributed by atoms with E-state index in [4.69, 9.17) is 0 Å². The Balaban J connectivity index is 1.89. The summed E-state index contributed by atoms with van der Waals surface area (Å²) in [5, 5.41) is 5.63. The molecule has 22 heavy (non-hydrogen) atoms. The van der Waals surface area contributed by atoms with Gasteiger partial charge in [0.1, 0.15) is 5.69 Å². The molecule has 0 spiro atoms. The number of nitrogens with zero attached hydrogens (tertiary/aromatic N) is 1. The maximum atomic E-state index is 11.9. The highest BCUT2D eigenvalue weighted by Crippen LogP contribution is 2.11. The molecular formula is C17H19N3O2. The molecule has 0 radical (unpaired) electrons. The zero-order valence-electron chi connectivity index (χ0n) is 12.7. The van der Waals surface area contributed by atoms with E-state index in [2.05, 4.69) is 15.6 Å². The molecule has 0 aliphatic rings. The predicted octanol–water partition coefficient (Wildman–Crippen LogP) is 2.61. The Labute approximate surface area is 129 Å². The Morgan fingerprint density at radius 3 is 2.41 bits per heavy atom. The van der Waals surface area contributed by atoms with E-state index in [1.807, 2.05) is 38.1 Å². The molecule has 0 unspecified atom stereocenters. The van der Waals surface area contributed by atoms with Crippen LogP contribution < -0.4 is 10.6 Å². The van der Waals surface area contributed by atoms with Crippen LogP contribution in [-0.4, -0.2) is 16.8 Å². The molecule has 0 saturated heterocycles. The van der Waals surface area contributed by atoms with Gasteiger partial charge in [-0.1, -0.05) is 32.0 Å². The third-order valence-corrected chi connectivity index (χ3v) is 3.10. The van der Waals surface area contributed by atoms with Crippen molar-refractivity contribution < 1.29 is 9.59 Å². The molecule has 0 atom stereocenters. The number of carbonyl (C=O) groups excluding carboxylic acids is 2. The van der Waals surface area contributed by atoms with Crippen molar-refractivity contribution >= 4 is 17.5 Å². The summed E-state index contributed by atoms with van der Waals surface area (Å²) in [6.07, 6.45) is 1.58. The lowest BCUT2D eigenvalue weighted by Crippen LogP contribution is -2.23. The summed E-state index contributed by atoms with van der Waals surface area (Å²) in [7, 11) is 0. The van der Waals surface area contributed by atoms with Crippen molar-refractivity contribution in [2.45, 2.75) is 20.4 Å². The van der Waals surface area contributed by atoms with Crippen LogP contribution in [0.2, 0.25) is 0 Å². The van der Waals surface area contributed by atoms with E-state index in [0.29, 0.717) is 12.2 Å². The van der Waals surface area contributed by atoms with Crippen molar-refractivity contribution in [2.75, 3.05) is 5.32 Å². The number of rotatable bonds is 5. The lowest BCUT2D eigenvalue weighted by atomic mass is 10.1. The molecule has 2 amide bonds. The van der Waals surface area contributed by atoms with E-state index in [9.17, 15) is 9.59 Å². The molecule has 1 aromatic heterocycles. The lowest BCUT2D eigenvalue weighted by Gasteiger charge is -2.09. The normalized spacial score (nSPS) is 10.3. The van der Waals surface area contributed by atoms with Crippen molar-refractivity contribution in [1.82, 2.24) is 10.3 Å². The first kappa shape index (κ1) is 15.7. The molecule has 0 aliphatic carbocycles. The number of pyridine rings is 1. The van der Waals surface area contributed by atoms with Crippen molar-refractivity contribution in [3.05, 3.63) is 59.9 Å². The fourth-order valence-corrected chi connectivity index (χ4v) is 1.76. The molecule has 2 N–H and O–H groups in total. The Morgan fingerprint density at radius 2 is 1.82 bits per heavy atom. The van der Waals surface area contributed by atoms with Crippen LogP contribution in [0.4, 0.5) is 5.69 Å². The molecule has 0 bridgehead atoms. The second-order valence-corrected chi connectivity index (χ2v) is 5.24. The third kappa shape index (κ3) is 4.41. The average molecular weight is 297 g/mol. The third-order valence-electron chi connectivity index (χ3n) is 3.10. The molecule has 1 heterocycles. The number of carbonyl (C=O) groups is 2. The largest absolute Gasteiger partial charge is 0.347 e. The van der Waals surface area contributed by atoms with Gasteiger partial charge in [0.05, 0.1) is 0 Å². The van der Waals surface area contributed by atoms with Gasteiger partial charge < -0.3 is 10.6 Å². The molecular weight excluding hydrogens is 278 g/mol. The maximum Gasteiger partial charge on any atom is 0.270 e. The molecule has 2 aromatic rings. The van der Waals surface area contributed by atoms with Gasteiger partial charge in [0, 0.05) is 24.3 Å². The van der Waals surface area contributed by atoms with Crippen molar-refractivity contribution in [2.24, 2.45) is 5.92 Å². The summed E-state index contributed by atoms with van der Waals surface area (Å²) in [5.41, 5.74) is 2.09. The van der Waals surface area contributed by atoms with Gasteiger partial charge in [0.15, 0.2) is 0 Å². The van der Waals surface area contributed by atoms with Crippen LogP contribution in [0.15, 0.2) is 48.7 Å². The highest BCUT2D eigenvalue weighted by atomic mass is 16.2. The molecule has 5 heteroatoms. The number of anilines is 1. The highest BCUT2D eigenvalue weighted by molar-refractivity contribution is 5.92. The minimum atomic E-state index is -0.210. The summed E-state index contributed by atoms with van der Waals surface area (Å²) < 4.78 is 0. The van der Waals surface area contributed by atoms with Crippen LogP contribution >= 0.6 is 0 Å². The molecule has 1 aromatic carbocycles. The zero-order chi connectivity index (χ0) is 15.9. The van der Waals surface area contributed by atoms with Gasteiger partial charge in [-0.05, 0) is 29.8 Å². The summed E-state index contributed by atoms with van der Waals surface area (Å²) in [5.74, 6) is -0.286. The van der Waals surface area contributed by atoms with Gasteiger partial charge in [0.25, 0.3) is 5.91 Å². The highest BCUT2D eigenvalue weighted by Gasteiger charge is 2.08. The molecule has 5 nitrogen and oxygen atoms in total. The van der Waals surface area contributed by atoms with Crippen molar-refractivity contribution in [3.63, 3.8) is 0 Å². The van der Waals surface area contributed by atoms with Gasteiger partial charge in [-0.25, -0.2) is 0 Å². The minimum Gasteiger partial charge on any atom is -0.347 e. The van der Waals surface area contributed by atoms with Crippen molar-refractivity contribution in [1.29, 1.82) is 0 Å². The van der Waals surface area contributed by atoms with Crippen LogP contribution in [0.1, 0.15) is 29.9 Å². The van der Waals surface area contributed by atoms with E-state index in [-0.39, 0.29) is 17.7 Å². The summed E-state index contributed by atoms with van der Waals surface area (Å²) in [6.45, 7) is 4.10. The van der Waals surface area contributed by atoms with Crippen molar-refractivity contribution in [3.8, 4) is 0 Å². The SMILES string of the molecule is CC(C)C(=O)Nc1ccc(CNC(=O)c2ccccn2)cc1. The van der Waals surface area contributed by atoms with E-state index >= 15 is 0 Å². The van der Waals surface area contributed by atoms with E-state index in [1.54, 1.807) is 24.4 Å². The molecule has 0 fully saturated rings. The summed E-state index contributed by atoms with van der Waals surface area (Å²) >= 11 is 0. The van der Waals surface area contributed by atoms with Crippen LogP contribution in [0, 0.1) is 5.92 Å². The quantitative estimate of drug-likeness (QED) is 0.891. The monoisotopic (exact) mass is 297 g/mol. The van der Waals surface area contributed by atoms with Gasteiger partial charge in [-0.15, -0.1) is 0 Å². The van der Waals surface area contributed by atoms with E-state index in [1.165, 1.54) is 0 Å². The Morgan fingerprint density at radius 1 is 1.09 bits per heavy atom. The zero-order valence-corrected chi connectivity index (χ0v) is 12.7.